The Labute approximate surface area is 173 Å². The van der Waals surface area contributed by atoms with E-state index in [9.17, 15) is 8.42 Å². The van der Waals surface area contributed by atoms with Crippen molar-refractivity contribution in [2.45, 2.75) is 31.1 Å². The van der Waals surface area contributed by atoms with E-state index in [1.165, 1.54) is 6.26 Å². The van der Waals surface area contributed by atoms with Gasteiger partial charge in [0.1, 0.15) is 5.75 Å². The zero-order valence-electron chi connectivity index (χ0n) is 17.2. The van der Waals surface area contributed by atoms with Gasteiger partial charge in [-0.1, -0.05) is 6.92 Å². The molecule has 1 atom stereocenters. The molecular weight excluding hydrogens is 390 g/mol. The van der Waals surface area contributed by atoms with Crippen LogP contribution in [0.5, 0.6) is 11.5 Å². The van der Waals surface area contributed by atoms with Crippen LogP contribution >= 0.6 is 0 Å². The van der Waals surface area contributed by atoms with Crippen molar-refractivity contribution in [3.63, 3.8) is 0 Å². The highest BCUT2D eigenvalue weighted by Crippen LogP contribution is 2.29. The van der Waals surface area contributed by atoms with Crippen LogP contribution in [-0.4, -0.2) is 51.4 Å². The SMILES string of the molecule is COc1cnc(N2CCC(C(C)CCOc3ccc(S(C)(=O)=O)cc3)CC2)nc1. The summed E-state index contributed by atoms with van der Waals surface area (Å²) in [5.41, 5.74) is 0. The lowest BCUT2D eigenvalue weighted by Crippen LogP contribution is -2.36. The number of sulfone groups is 1. The van der Waals surface area contributed by atoms with E-state index in [2.05, 4.69) is 21.8 Å². The van der Waals surface area contributed by atoms with E-state index >= 15 is 0 Å². The van der Waals surface area contributed by atoms with E-state index in [4.69, 9.17) is 9.47 Å². The summed E-state index contributed by atoms with van der Waals surface area (Å²) in [4.78, 5) is 11.3. The highest BCUT2D eigenvalue weighted by molar-refractivity contribution is 7.90. The lowest BCUT2D eigenvalue weighted by Gasteiger charge is -2.34. The Morgan fingerprint density at radius 3 is 2.28 bits per heavy atom. The molecule has 158 valence electrons. The molecule has 1 aliphatic rings. The first kappa shape index (κ1) is 21.4. The lowest BCUT2D eigenvalue weighted by atomic mass is 9.84. The minimum absolute atomic E-state index is 0.311. The van der Waals surface area contributed by atoms with Gasteiger partial charge in [-0.15, -0.1) is 0 Å². The van der Waals surface area contributed by atoms with Gasteiger partial charge in [0.05, 0.1) is 31.0 Å². The Morgan fingerprint density at radius 1 is 1.10 bits per heavy atom. The van der Waals surface area contributed by atoms with Crippen molar-refractivity contribution in [1.82, 2.24) is 9.97 Å². The average molecular weight is 420 g/mol. The van der Waals surface area contributed by atoms with Crippen LogP contribution in [0.25, 0.3) is 0 Å². The zero-order chi connectivity index (χ0) is 20.9. The number of nitrogens with zero attached hydrogens (tertiary/aromatic N) is 3. The quantitative estimate of drug-likeness (QED) is 0.650. The van der Waals surface area contributed by atoms with E-state index in [0.29, 0.717) is 34.8 Å². The molecule has 0 bridgehead atoms. The molecule has 0 spiro atoms. The van der Waals surface area contributed by atoms with Gasteiger partial charge in [-0.05, 0) is 55.4 Å². The first-order valence-corrected chi connectivity index (χ1v) is 11.8. The number of ether oxygens (including phenoxy) is 2. The summed E-state index contributed by atoms with van der Waals surface area (Å²) < 4.78 is 33.9. The van der Waals surface area contributed by atoms with Crippen LogP contribution in [0.15, 0.2) is 41.6 Å². The predicted molar refractivity (Wildman–Crippen MR) is 112 cm³/mol. The molecule has 1 aliphatic heterocycles. The van der Waals surface area contributed by atoms with Gasteiger partial charge < -0.3 is 14.4 Å². The van der Waals surface area contributed by atoms with Crippen LogP contribution in [0.3, 0.4) is 0 Å². The summed E-state index contributed by atoms with van der Waals surface area (Å²) in [5, 5.41) is 0. The van der Waals surface area contributed by atoms with Crippen molar-refractivity contribution < 1.29 is 17.9 Å². The maximum atomic E-state index is 11.5. The lowest BCUT2D eigenvalue weighted by molar-refractivity contribution is 0.222. The Kier molecular flexibility index (Phi) is 6.95. The van der Waals surface area contributed by atoms with Crippen molar-refractivity contribution in [3.8, 4) is 11.5 Å². The maximum Gasteiger partial charge on any atom is 0.225 e. The standard InChI is InChI=1S/C21H29N3O4S/c1-16(10-13-28-18-4-6-20(7-5-18)29(3,25)26)17-8-11-24(12-9-17)21-22-14-19(27-2)15-23-21/h4-7,14-17H,8-13H2,1-3H3. The molecule has 0 aliphatic carbocycles. The number of anilines is 1. The molecule has 0 amide bonds. The molecule has 8 heteroatoms. The van der Waals surface area contributed by atoms with Crippen LogP contribution in [0, 0.1) is 11.8 Å². The third-order valence-corrected chi connectivity index (χ3v) is 6.70. The molecule has 2 aromatic rings. The first-order chi connectivity index (χ1) is 13.9. The van der Waals surface area contributed by atoms with E-state index in [1.54, 1.807) is 43.8 Å². The molecule has 1 fully saturated rings. The highest BCUT2D eigenvalue weighted by atomic mass is 32.2. The summed E-state index contributed by atoms with van der Waals surface area (Å²) >= 11 is 0. The van der Waals surface area contributed by atoms with Gasteiger partial charge in [-0.3, -0.25) is 0 Å². The largest absolute Gasteiger partial charge is 0.494 e. The van der Waals surface area contributed by atoms with Crippen LogP contribution in [0.2, 0.25) is 0 Å². The fourth-order valence-corrected chi connectivity index (χ4v) is 4.26. The smallest absolute Gasteiger partial charge is 0.225 e. The number of aromatic nitrogens is 2. The first-order valence-electron chi connectivity index (χ1n) is 9.90. The van der Waals surface area contributed by atoms with E-state index in [0.717, 1.165) is 38.3 Å². The van der Waals surface area contributed by atoms with Crippen LogP contribution < -0.4 is 14.4 Å². The van der Waals surface area contributed by atoms with Crippen molar-refractivity contribution in [2.75, 3.05) is 38.0 Å². The number of piperidine rings is 1. The van der Waals surface area contributed by atoms with Crippen molar-refractivity contribution in [3.05, 3.63) is 36.7 Å². The highest BCUT2D eigenvalue weighted by Gasteiger charge is 2.25. The summed E-state index contributed by atoms with van der Waals surface area (Å²) in [6.07, 6.45) is 7.81. The van der Waals surface area contributed by atoms with Crippen molar-refractivity contribution in [1.29, 1.82) is 0 Å². The van der Waals surface area contributed by atoms with Crippen LogP contribution in [0.4, 0.5) is 5.95 Å². The Bertz CT molecular complexity index is 877. The molecule has 7 nitrogen and oxygen atoms in total. The number of hydrogen-bond donors (Lipinski definition) is 0. The van der Waals surface area contributed by atoms with Crippen LogP contribution in [0.1, 0.15) is 26.2 Å². The topological polar surface area (TPSA) is 81.6 Å². The van der Waals surface area contributed by atoms with Gasteiger partial charge in [-0.2, -0.15) is 0 Å². The number of hydrogen-bond acceptors (Lipinski definition) is 7. The Hall–Kier alpha value is -2.35. The maximum absolute atomic E-state index is 11.5. The predicted octanol–water partition coefficient (Wildman–Crippen LogP) is 3.21. The Morgan fingerprint density at radius 2 is 1.72 bits per heavy atom. The average Bonchev–Trinajstić information content (AvgIpc) is 2.73. The molecule has 2 heterocycles. The molecule has 1 aromatic heterocycles. The zero-order valence-corrected chi connectivity index (χ0v) is 18.1. The third kappa shape index (κ3) is 5.82. The normalized spacial score (nSPS) is 16.4. The van der Waals surface area contributed by atoms with Gasteiger partial charge in [-0.25, -0.2) is 18.4 Å². The van der Waals surface area contributed by atoms with Crippen molar-refractivity contribution >= 4 is 15.8 Å². The number of benzene rings is 1. The monoisotopic (exact) mass is 419 g/mol. The van der Waals surface area contributed by atoms with Gasteiger partial charge in [0.15, 0.2) is 15.6 Å². The second kappa shape index (κ2) is 9.43. The molecule has 1 saturated heterocycles. The van der Waals surface area contributed by atoms with Gasteiger partial charge in [0, 0.05) is 19.3 Å². The van der Waals surface area contributed by atoms with Gasteiger partial charge in [0.2, 0.25) is 5.95 Å². The molecule has 1 unspecified atom stereocenters. The molecule has 1 aromatic carbocycles. The number of methoxy groups -OCH3 is 1. The van der Waals surface area contributed by atoms with E-state index in [-0.39, 0.29) is 0 Å². The summed E-state index contributed by atoms with van der Waals surface area (Å²) in [5.74, 6) is 3.35. The molecule has 0 N–H and O–H groups in total. The molecule has 0 radical (unpaired) electrons. The van der Waals surface area contributed by atoms with E-state index < -0.39 is 9.84 Å². The fourth-order valence-electron chi connectivity index (χ4n) is 3.63. The summed E-state index contributed by atoms with van der Waals surface area (Å²) in [7, 11) is -1.56. The Balaban J connectivity index is 1.42. The van der Waals surface area contributed by atoms with Crippen molar-refractivity contribution in [2.24, 2.45) is 11.8 Å². The molecular formula is C21H29N3O4S. The molecule has 3 rings (SSSR count). The number of rotatable bonds is 8. The molecule has 29 heavy (non-hydrogen) atoms. The minimum Gasteiger partial charge on any atom is -0.494 e. The van der Waals surface area contributed by atoms with Gasteiger partial charge in [0.25, 0.3) is 0 Å². The fraction of sp³-hybridized carbons (Fsp3) is 0.524. The summed E-state index contributed by atoms with van der Waals surface area (Å²) in [6, 6.07) is 6.61. The minimum atomic E-state index is -3.17. The second-order valence-corrected chi connectivity index (χ2v) is 9.62. The molecule has 0 saturated carbocycles. The van der Waals surface area contributed by atoms with E-state index in [1.807, 2.05) is 0 Å². The second-order valence-electron chi connectivity index (χ2n) is 7.61. The third-order valence-electron chi connectivity index (χ3n) is 5.57. The van der Waals surface area contributed by atoms with Crippen LogP contribution in [-0.2, 0) is 9.84 Å². The summed E-state index contributed by atoms with van der Waals surface area (Å²) in [6.45, 7) is 4.81. The van der Waals surface area contributed by atoms with Gasteiger partial charge >= 0.3 is 0 Å².